The van der Waals surface area contributed by atoms with Gasteiger partial charge in [-0.15, -0.1) is 0 Å². The molecule has 0 aromatic heterocycles. The molecular formula is C11H22O. The van der Waals surface area contributed by atoms with Crippen molar-refractivity contribution in [2.24, 2.45) is 11.8 Å². The average Bonchev–Trinajstić information content (AvgIpc) is 2.02. The zero-order chi connectivity index (χ0) is 9.56. The summed E-state index contributed by atoms with van der Waals surface area (Å²) in [5.41, 5.74) is 1.39. The molecule has 0 saturated heterocycles. The number of aliphatic hydroxyl groups is 1. The number of rotatable bonds is 5. The Labute approximate surface area is 76.5 Å². The van der Waals surface area contributed by atoms with Crippen LogP contribution in [-0.2, 0) is 0 Å². The largest absolute Gasteiger partial charge is 0.396 e. The van der Waals surface area contributed by atoms with Gasteiger partial charge in [0.2, 0.25) is 0 Å². The fourth-order valence-corrected chi connectivity index (χ4v) is 1.10. The molecule has 2 unspecified atom stereocenters. The highest BCUT2D eigenvalue weighted by Gasteiger charge is 2.09. The molecule has 0 bridgehead atoms. The van der Waals surface area contributed by atoms with Gasteiger partial charge in [-0.3, -0.25) is 0 Å². The monoisotopic (exact) mass is 170 g/mol. The molecule has 0 rings (SSSR count). The molecule has 1 N–H and O–H groups in total. The molecule has 1 heteroatoms. The van der Waals surface area contributed by atoms with Crippen LogP contribution in [0.3, 0.4) is 0 Å². The van der Waals surface area contributed by atoms with Crippen LogP contribution >= 0.6 is 0 Å². The number of aliphatic hydroxyl groups excluding tert-OH is 1. The summed E-state index contributed by atoms with van der Waals surface area (Å²) in [6, 6.07) is 0. The lowest BCUT2D eigenvalue weighted by molar-refractivity contribution is 0.191. The highest BCUT2D eigenvalue weighted by molar-refractivity contribution is 4.92. The Morgan fingerprint density at radius 3 is 2.25 bits per heavy atom. The maximum absolute atomic E-state index is 8.90. The first-order valence-corrected chi connectivity index (χ1v) is 4.82. The topological polar surface area (TPSA) is 20.2 Å². The summed E-state index contributed by atoms with van der Waals surface area (Å²) in [6.45, 7) is 8.88. The van der Waals surface area contributed by atoms with E-state index in [1.807, 2.05) is 0 Å². The summed E-state index contributed by atoms with van der Waals surface area (Å²) < 4.78 is 0. The molecule has 2 atom stereocenters. The molecule has 72 valence electrons. The molecule has 0 aromatic carbocycles. The Hall–Kier alpha value is -0.300. The summed E-state index contributed by atoms with van der Waals surface area (Å²) in [7, 11) is 0. The molecule has 1 nitrogen and oxygen atoms in total. The van der Waals surface area contributed by atoms with Gasteiger partial charge in [-0.25, -0.2) is 0 Å². The van der Waals surface area contributed by atoms with E-state index in [0.29, 0.717) is 18.4 Å². The molecule has 0 saturated carbocycles. The Bertz CT molecular complexity index is 134. The van der Waals surface area contributed by atoms with Gasteiger partial charge < -0.3 is 5.11 Å². The van der Waals surface area contributed by atoms with Gasteiger partial charge in [0.1, 0.15) is 0 Å². The predicted octanol–water partition coefficient (Wildman–Crippen LogP) is 3.00. The molecule has 0 fully saturated rings. The van der Waals surface area contributed by atoms with Crippen LogP contribution in [0.15, 0.2) is 11.6 Å². The van der Waals surface area contributed by atoms with Crippen molar-refractivity contribution in [3.8, 4) is 0 Å². The van der Waals surface area contributed by atoms with Crippen LogP contribution in [0.25, 0.3) is 0 Å². The van der Waals surface area contributed by atoms with Crippen LogP contribution in [0.5, 0.6) is 0 Å². The third-order valence-corrected chi connectivity index (χ3v) is 2.43. The van der Waals surface area contributed by atoms with Crippen molar-refractivity contribution < 1.29 is 5.11 Å². The minimum absolute atomic E-state index is 0.315. The van der Waals surface area contributed by atoms with E-state index < -0.39 is 0 Å². The number of hydrogen-bond acceptors (Lipinski definition) is 1. The number of hydrogen-bond donors (Lipinski definition) is 1. The van der Waals surface area contributed by atoms with Gasteiger partial charge in [-0.1, -0.05) is 25.5 Å². The van der Waals surface area contributed by atoms with Crippen LogP contribution < -0.4 is 0 Å². The van der Waals surface area contributed by atoms with Gasteiger partial charge in [0.15, 0.2) is 0 Å². The first-order valence-electron chi connectivity index (χ1n) is 4.82. The van der Waals surface area contributed by atoms with Crippen molar-refractivity contribution in [3.63, 3.8) is 0 Å². The molecule has 0 aromatic rings. The maximum atomic E-state index is 8.90. The molecule has 0 heterocycles. The Morgan fingerprint density at radius 2 is 1.83 bits per heavy atom. The predicted molar refractivity (Wildman–Crippen MR) is 54.1 cm³/mol. The van der Waals surface area contributed by atoms with Crippen LogP contribution in [0.2, 0.25) is 0 Å². The van der Waals surface area contributed by atoms with Crippen molar-refractivity contribution in [2.45, 2.75) is 40.5 Å². The quantitative estimate of drug-likeness (QED) is 0.629. The minimum Gasteiger partial charge on any atom is -0.396 e. The van der Waals surface area contributed by atoms with E-state index >= 15 is 0 Å². The maximum Gasteiger partial charge on any atom is 0.0459 e. The van der Waals surface area contributed by atoms with E-state index in [2.05, 4.69) is 33.8 Å². The zero-order valence-corrected chi connectivity index (χ0v) is 8.80. The third kappa shape index (κ3) is 5.36. The molecule has 0 spiro atoms. The normalized spacial score (nSPS) is 15.4. The Balaban J connectivity index is 3.57. The van der Waals surface area contributed by atoms with Crippen LogP contribution in [0.1, 0.15) is 40.5 Å². The fraction of sp³-hybridized carbons (Fsp3) is 0.818. The highest BCUT2D eigenvalue weighted by Crippen LogP contribution is 2.16. The van der Waals surface area contributed by atoms with Gasteiger partial charge in [-0.2, -0.15) is 0 Å². The Morgan fingerprint density at radius 1 is 1.25 bits per heavy atom. The smallest absolute Gasteiger partial charge is 0.0459 e. The standard InChI is InChI=1S/C11H22O/c1-9(2)6-5-7-10(3)11(4)8-12/h6,10-12H,5,7-8H2,1-4H3. The highest BCUT2D eigenvalue weighted by atomic mass is 16.3. The molecule has 0 amide bonds. The van der Waals surface area contributed by atoms with Gasteiger partial charge in [-0.05, 0) is 38.5 Å². The molecule has 0 radical (unpaired) electrons. The zero-order valence-electron chi connectivity index (χ0n) is 8.80. The Kier molecular flexibility index (Phi) is 6.09. The van der Waals surface area contributed by atoms with Crippen LogP contribution in [-0.4, -0.2) is 11.7 Å². The van der Waals surface area contributed by atoms with Crippen molar-refractivity contribution in [3.05, 3.63) is 11.6 Å². The molecule has 0 aliphatic carbocycles. The van der Waals surface area contributed by atoms with Gasteiger partial charge in [0.25, 0.3) is 0 Å². The van der Waals surface area contributed by atoms with E-state index in [4.69, 9.17) is 5.11 Å². The van der Waals surface area contributed by atoms with E-state index in [0.717, 1.165) is 6.42 Å². The van der Waals surface area contributed by atoms with Crippen molar-refractivity contribution in [1.29, 1.82) is 0 Å². The summed E-state index contributed by atoms with van der Waals surface area (Å²) >= 11 is 0. The lowest BCUT2D eigenvalue weighted by Crippen LogP contribution is -2.11. The van der Waals surface area contributed by atoms with Gasteiger partial charge in [0.05, 0.1) is 0 Å². The summed E-state index contributed by atoms with van der Waals surface area (Å²) in [6.07, 6.45) is 4.60. The summed E-state index contributed by atoms with van der Waals surface area (Å²) in [5, 5.41) is 8.90. The second kappa shape index (κ2) is 6.24. The molecule has 0 aliphatic rings. The van der Waals surface area contributed by atoms with E-state index in [9.17, 15) is 0 Å². The first kappa shape index (κ1) is 11.7. The minimum atomic E-state index is 0.315. The van der Waals surface area contributed by atoms with Crippen LogP contribution in [0.4, 0.5) is 0 Å². The molecule has 0 aliphatic heterocycles. The summed E-state index contributed by atoms with van der Waals surface area (Å²) in [5.74, 6) is 1.07. The lowest BCUT2D eigenvalue weighted by Gasteiger charge is -2.16. The van der Waals surface area contributed by atoms with E-state index in [1.165, 1.54) is 12.0 Å². The molecule has 12 heavy (non-hydrogen) atoms. The summed E-state index contributed by atoms with van der Waals surface area (Å²) in [4.78, 5) is 0. The first-order chi connectivity index (χ1) is 5.57. The van der Waals surface area contributed by atoms with Gasteiger partial charge >= 0.3 is 0 Å². The van der Waals surface area contributed by atoms with E-state index in [1.54, 1.807) is 0 Å². The third-order valence-electron chi connectivity index (χ3n) is 2.43. The van der Waals surface area contributed by atoms with Crippen molar-refractivity contribution in [2.75, 3.05) is 6.61 Å². The second-order valence-corrected chi connectivity index (χ2v) is 4.00. The number of allylic oxidation sites excluding steroid dienone is 2. The lowest BCUT2D eigenvalue weighted by atomic mass is 9.92. The second-order valence-electron chi connectivity index (χ2n) is 4.00. The van der Waals surface area contributed by atoms with Crippen molar-refractivity contribution >= 4 is 0 Å². The average molecular weight is 170 g/mol. The van der Waals surface area contributed by atoms with Crippen molar-refractivity contribution in [1.82, 2.24) is 0 Å². The van der Waals surface area contributed by atoms with E-state index in [-0.39, 0.29) is 0 Å². The fourth-order valence-electron chi connectivity index (χ4n) is 1.10. The SMILES string of the molecule is CC(C)=CCCC(C)C(C)CO. The van der Waals surface area contributed by atoms with Gasteiger partial charge in [0, 0.05) is 6.61 Å². The van der Waals surface area contributed by atoms with Crippen LogP contribution in [0, 0.1) is 11.8 Å². The molecular weight excluding hydrogens is 148 g/mol.